The molecular formula is C16H17BrFN. The fraction of sp³-hybridized carbons (Fsp3) is 0.250. The molecule has 1 N–H and O–H groups in total. The van der Waals surface area contributed by atoms with E-state index in [1.165, 1.54) is 22.8 Å². The minimum absolute atomic E-state index is 0.0677. The molecule has 0 aliphatic heterocycles. The molecule has 0 aliphatic carbocycles. The third kappa shape index (κ3) is 2.88. The van der Waals surface area contributed by atoms with E-state index in [9.17, 15) is 4.39 Å². The summed E-state index contributed by atoms with van der Waals surface area (Å²) in [5.74, 6) is -0.236. The summed E-state index contributed by atoms with van der Waals surface area (Å²) in [7, 11) is 1.92. The molecule has 0 radical (unpaired) electrons. The average Bonchev–Trinajstić information content (AvgIpc) is 2.37. The molecule has 0 fully saturated rings. The smallest absolute Gasteiger partial charge is 0.137 e. The van der Waals surface area contributed by atoms with Gasteiger partial charge in [0, 0.05) is 0 Å². The van der Waals surface area contributed by atoms with Crippen molar-refractivity contribution in [2.75, 3.05) is 7.05 Å². The minimum Gasteiger partial charge on any atom is -0.309 e. The molecule has 0 amide bonds. The average molecular weight is 322 g/mol. The highest BCUT2D eigenvalue weighted by Gasteiger charge is 2.17. The van der Waals surface area contributed by atoms with Gasteiger partial charge in [-0.25, -0.2) is 4.39 Å². The third-order valence-electron chi connectivity index (χ3n) is 3.40. The van der Waals surface area contributed by atoms with Crippen molar-refractivity contribution >= 4 is 15.9 Å². The van der Waals surface area contributed by atoms with Crippen molar-refractivity contribution in [2.45, 2.75) is 19.9 Å². The molecule has 3 heteroatoms. The summed E-state index contributed by atoms with van der Waals surface area (Å²) in [5, 5.41) is 3.32. The molecule has 0 heterocycles. The highest BCUT2D eigenvalue weighted by atomic mass is 79.9. The Balaban J connectivity index is 2.53. The summed E-state index contributed by atoms with van der Waals surface area (Å²) in [5.41, 5.74) is 4.77. The van der Waals surface area contributed by atoms with Gasteiger partial charge in [0.25, 0.3) is 0 Å². The van der Waals surface area contributed by atoms with Gasteiger partial charge in [-0.05, 0) is 71.2 Å². The standard InChI is InChI=1S/C16H17BrFN/c1-10-5-4-6-11(2)15(10)16(19-3)12-7-8-14(18)13(17)9-12/h4-9,16,19H,1-3H3. The van der Waals surface area contributed by atoms with E-state index in [-0.39, 0.29) is 11.9 Å². The van der Waals surface area contributed by atoms with Crippen molar-refractivity contribution in [3.05, 3.63) is 68.9 Å². The van der Waals surface area contributed by atoms with E-state index >= 15 is 0 Å². The summed E-state index contributed by atoms with van der Waals surface area (Å²) < 4.78 is 13.9. The van der Waals surface area contributed by atoms with Crippen LogP contribution in [0.25, 0.3) is 0 Å². The normalized spacial score (nSPS) is 12.5. The van der Waals surface area contributed by atoms with Crippen LogP contribution in [0, 0.1) is 19.7 Å². The van der Waals surface area contributed by atoms with Gasteiger partial charge < -0.3 is 5.32 Å². The summed E-state index contributed by atoms with van der Waals surface area (Å²) in [6, 6.07) is 11.5. The van der Waals surface area contributed by atoms with E-state index < -0.39 is 0 Å². The Morgan fingerprint density at radius 3 is 2.26 bits per heavy atom. The van der Waals surface area contributed by atoms with Gasteiger partial charge in [0.05, 0.1) is 10.5 Å². The molecule has 100 valence electrons. The molecule has 2 aromatic rings. The van der Waals surface area contributed by atoms with E-state index in [0.717, 1.165) is 5.56 Å². The lowest BCUT2D eigenvalue weighted by Crippen LogP contribution is -2.20. The van der Waals surface area contributed by atoms with E-state index in [1.54, 1.807) is 0 Å². The van der Waals surface area contributed by atoms with Crippen LogP contribution >= 0.6 is 15.9 Å². The van der Waals surface area contributed by atoms with Crippen molar-refractivity contribution in [3.63, 3.8) is 0 Å². The SMILES string of the molecule is CNC(c1ccc(F)c(Br)c1)c1c(C)cccc1C. The van der Waals surface area contributed by atoms with E-state index in [1.807, 2.05) is 19.2 Å². The van der Waals surface area contributed by atoms with Gasteiger partial charge in [0.15, 0.2) is 0 Å². The van der Waals surface area contributed by atoms with E-state index in [2.05, 4.69) is 53.3 Å². The molecule has 2 aromatic carbocycles. The largest absolute Gasteiger partial charge is 0.309 e. The van der Waals surface area contributed by atoms with Crippen LogP contribution in [0.1, 0.15) is 28.3 Å². The van der Waals surface area contributed by atoms with Gasteiger partial charge in [-0.3, -0.25) is 0 Å². The van der Waals surface area contributed by atoms with Crippen LogP contribution in [0.3, 0.4) is 0 Å². The molecule has 2 rings (SSSR count). The summed E-state index contributed by atoms with van der Waals surface area (Å²) in [4.78, 5) is 0. The highest BCUT2D eigenvalue weighted by Crippen LogP contribution is 2.29. The number of rotatable bonds is 3. The molecule has 0 saturated carbocycles. The minimum atomic E-state index is -0.236. The van der Waals surface area contributed by atoms with E-state index in [4.69, 9.17) is 0 Å². The predicted octanol–water partition coefficient (Wildman–Crippen LogP) is 4.51. The molecule has 0 spiro atoms. The maximum atomic E-state index is 13.4. The lowest BCUT2D eigenvalue weighted by molar-refractivity contribution is 0.616. The first-order valence-electron chi connectivity index (χ1n) is 6.23. The van der Waals surface area contributed by atoms with E-state index in [0.29, 0.717) is 4.47 Å². The van der Waals surface area contributed by atoms with Gasteiger partial charge in [-0.15, -0.1) is 0 Å². The number of benzene rings is 2. The zero-order valence-electron chi connectivity index (χ0n) is 11.3. The molecule has 0 saturated heterocycles. The Labute approximate surface area is 122 Å². The monoisotopic (exact) mass is 321 g/mol. The van der Waals surface area contributed by atoms with Crippen LogP contribution in [-0.2, 0) is 0 Å². The first-order chi connectivity index (χ1) is 9.04. The fourth-order valence-electron chi connectivity index (χ4n) is 2.45. The maximum absolute atomic E-state index is 13.4. The molecule has 1 unspecified atom stereocenters. The first kappa shape index (κ1) is 14.2. The Morgan fingerprint density at radius 2 is 1.74 bits per heavy atom. The Bertz CT molecular complexity index is 575. The summed E-state index contributed by atoms with van der Waals surface area (Å²) in [6.07, 6.45) is 0. The van der Waals surface area contributed by atoms with Crippen molar-refractivity contribution in [2.24, 2.45) is 0 Å². The predicted molar refractivity (Wildman–Crippen MR) is 80.9 cm³/mol. The van der Waals surface area contributed by atoms with Crippen molar-refractivity contribution in [3.8, 4) is 0 Å². The van der Waals surface area contributed by atoms with Crippen molar-refractivity contribution in [1.82, 2.24) is 5.32 Å². The lowest BCUT2D eigenvalue weighted by atomic mass is 9.91. The molecule has 0 aliphatic rings. The van der Waals surface area contributed by atoms with Gasteiger partial charge >= 0.3 is 0 Å². The van der Waals surface area contributed by atoms with Crippen LogP contribution in [-0.4, -0.2) is 7.05 Å². The third-order valence-corrected chi connectivity index (χ3v) is 4.00. The lowest BCUT2D eigenvalue weighted by Gasteiger charge is -2.22. The van der Waals surface area contributed by atoms with Crippen LogP contribution < -0.4 is 5.32 Å². The zero-order chi connectivity index (χ0) is 14.0. The zero-order valence-corrected chi connectivity index (χ0v) is 12.9. The second-order valence-electron chi connectivity index (χ2n) is 4.70. The number of aryl methyl sites for hydroxylation is 2. The fourth-order valence-corrected chi connectivity index (χ4v) is 2.85. The topological polar surface area (TPSA) is 12.0 Å². The first-order valence-corrected chi connectivity index (χ1v) is 7.02. The molecule has 19 heavy (non-hydrogen) atoms. The summed E-state index contributed by atoms with van der Waals surface area (Å²) in [6.45, 7) is 4.20. The van der Waals surface area contributed by atoms with Crippen molar-refractivity contribution in [1.29, 1.82) is 0 Å². The second-order valence-corrected chi connectivity index (χ2v) is 5.56. The quantitative estimate of drug-likeness (QED) is 0.876. The maximum Gasteiger partial charge on any atom is 0.137 e. The van der Waals surface area contributed by atoms with Crippen LogP contribution in [0.5, 0.6) is 0 Å². The molecule has 1 nitrogen and oxygen atoms in total. The number of hydrogen-bond donors (Lipinski definition) is 1. The number of halogens is 2. The molecule has 0 aromatic heterocycles. The van der Waals surface area contributed by atoms with Crippen LogP contribution in [0.15, 0.2) is 40.9 Å². The second kappa shape index (κ2) is 5.85. The Morgan fingerprint density at radius 1 is 1.11 bits per heavy atom. The Kier molecular flexibility index (Phi) is 4.38. The number of hydrogen-bond acceptors (Lipinski definition) is 1. The van der Waals surface area contributed by atoms with Gasteiger partial charge in [-0.1, -0.05) is 24.3 Å². The van der Waals surface area contributed by atoms with Crippen LogP contribution in [0.4, 0.5) is 4.39 Å². The van der Waals surface area contributed by atoms with Gasteiger partial charge in [-0.2, -0.15) is 0 Å². The molecule has 1 atom stereocenters. The highest BCUT2D eigenvalue weighted by molar-refractivity contribution is 9.10. The molecular weight excluding hydrogens is 305 g/mol. The van der Waals surface area contributed by atoms with Gasteiger partial charge in [0.1, 0.15) is 5.82 Å². The Hall–Kier alpha value is -1.19. The molecule has 0 bridgehead atoms. The van der Waals surface area contributed by atoms with Gasteiger partial charge in [0.2, 0.25) is 0 Å². The number of nitrogens with one attached hydrogen (secondary N) is 1. The van der Waals surface area contributed by atoms with Crippen molar-refractivity contribution < 1.29 is 4.39 Å². The summed E-state index contributed by atoms with van der Waals surface area (Å²) >= 11 is 3.25. The van der Waals surface area contributed by atoms with Crippen LogP contribution in [0.2, 0.25) is 0 Å².